The van der Waals surface area contributed by atoms with Crippen molar-refractivity contribution in [3.8, 4) is 0 Å². The van der Waals surface area contributed by atoms with Crippen LogP contribution in [0.3, 0.4) is 0 Å². The maximum atomic E-state index is 13.4. The number of ether oxygens (including phenoxy) is 1. The molecule has 1 aliphatic rings. The van der Waals surface area contributed by atoms with Crippen LogP contribution in [0.1, 0.15) is 49.6 Å². The molecule has 3 heterocycles. The molecule has 2 aromatic rings. The fraction of sp³-hybridized carbons (Fsp3) is 0.727. The molecule has 0 aromatic carbocycles. The number of carbonyl (C=O) groups is 1. The lowest BCUT2D eigenvalue weighted by Crippen LogP contribution is -2.43. The number of unbranched alkanes of at least 4 members (excludes halogenated alkanes) is 3. The first-order chi connectivity index (χ1) is 15.0. The summed E-state index contributed by atoms with van der Waals surface area (Å²) < 4.78 is 7.22. The molecule has 0 spiro atoms. The summed E-state index contributed by atoms with van der Waals surface area (Å²) in [5.74, 6) is 0.765. The van der Waals surface area contributed by atoms with E-state index >= 15 is 0 Å². The molecule has 31 heavy (non-hydrogen) atoms. The molecule has 8 nitrogen and oxygen atoms in total. The fourth-order valence-electron chi connectivity index (χ4n) is 3.97. The molecule has 0 atom stereocenters. The Labute approximate surface area is 189 Å². The van der Waals surface area contributed by atoms with Gasteiger partial charge in [0.1, 0.15) is 0 Å². The number of nitrogens with zero attached hydrogens (tertiary/aromatic N) is 6. The minimum absolute atomic E-state index is 0.169. The highest BCUT2D eigenvalue weighted by molar-refractivity contribution is 7.98. The monoisotopic (exact) mass is 448 g/mol. The second kappa shape index (κ2) is 11.8. The van der Waals surface area contributed by atoms with Gasteiger partial charge in [-0.2, -0.15) is 4.98 Å². The van der Waals surface area contributed by atoms with Crippen molar-refractivity contribution < 1.29 is 9.53 Å². The van der Waals surface area contributed by atoms with Crippen LogP contribution in [0.5, 0.6) is 0 Å². The smallest absolute Gasteiger partial charge is 0.253 e. The lowest BCUT2D eigenvalue weighted by molar-refractivity contribution is -0.131. The number of hydrogen-bond acceptors (Lipinski definition) is 7. The van der Waals surface area contributed by atoms with Gasteiger partial charge in [-0.1, -0.05) is 37.9 Å². The van der Waals surface area contributed by atoms with Gasteiger partial charge in [-0.05, 0) is 26.5 Å². The predicted octanol–water partition coefficient (Wildman–Crippen LogP) is 2.75. The number of hydrogen-bond donors (Lipinski definition) is 0. The Balaban J connectivity index is 1.71. The molecule has 9 heteroatoms. The fourth-order valence-corrected chi connectivity index (χ4v) is 4.31. The highest BCUT2D eigenvalue weighted by Gasteiger charge is 2.21. The molecule has 1 aliphatic heterocycles. The van der Waals surface area contributed by atoms with Gasteiger partial charge in [-0.3, -0.25) is 9.69 Å². The summed E-state index contributed by atoms with van der Waals surface area (Å²) in [5, 5.41) is 5.21. The SMILES string of the molecule is CCCCCCN(CCN1CCOCC1)C(=O)Cc1c(C)nc2nc(SC)nn2c1C. The van der Waals surface area contributed by atoms with Crippen LogP contribution >= 0.6 is 11.8 Å². The van der Waals surface area contributed by atoms with E-state index in [1.165, 1.54) is 31.0 Å². The summed E-state index contributed by atoms with van der Waals surface area (Å²) in [6, 6.07) is 0. The Kier molecular flexibility index (Phi) is 9.10. The van der Waals surface area contributed by atoms with Crippen molar-refractivity contribution in [2.24, 2.45) is 0 Å². The normalized spacial score (nSPS) is 15.0. The van der Waals surface area contributed by atoms with Gasteiger partial charge in [0.25, 0.3) is 5.78 Å². The van der Waals surface area contributed by atoms with Gasteiger partial charge >= 0.3 is 0 Å². The summed E-state index contributed by atoms with van der Waals surface area (Å²) in [6.45, 7) is 12.1. The van der Waals surface area contributed by atoms with E-state index in [0.29, 0.717) is 17.4 Å². The summed E-state index contributed by atoms with van der Waals surface area (Å²) in [5.41, 5.74) is 2.76. The number of morpholine rings is 1. The van der Waals surface area contributed by atoms with E-state index in [2.05, 4.69) is 26.9 Å². The van der Waals surface area contributed by atoms with Crippen molar-refractivity contribution in [2.45, 2.75) is 58.0 Å². The topological polar surface area (TPSA) is 75.9 Å². The number of carbonyl (C=O) groups excluding carboxylic acids is 1. The van der Waals surface area contributed by atoms with E-state index in [1.807, 2.05) is 25.0 Å². The van der Waals surface area contributed by atoms with Crippen molar-refractivity contribution in [2.75, 3.05) is 52.2 Å². The first-order valence-electron chi connectivity index (χ1n) is 11.4. The molecule has 0 aliphatic carbocycles. The molecule has 1 fully saturated rings. The lowest BCUT2D eigenvalue weighted by Gasteiger charge is -2.30. The van der Waals surface area contributed by atoms with Crippen molar-refractivity contribution in [1.29, 1.82) is 0 Å². The number of amides is 1. The number of fused-ring (bicyclic) bond motifs is 1. The molecule has 0 N–H and O–H groups in total. The van der Waals surface area contributed by atoms with Crippen LogP contribution in [0, 0.1) is 13.8 Å². The Morgan fingerprint density at radius 1 is 1.13 bits per heavy atom. The minimum Gasteiger partial charge on any atom is -0.379 e. The molecule has 1 amide bonds. The first-order valence-corrected chi connectivity index (χ1v) is 12.6. The van der Waals surface area contributed by atoms with E-state index in [0.717, 1.165) is 69.3 Å². The average Bonchev–Trinajstić information content (AvgIpc) is 3.20. The van der Waals surface area contributed by atoms with Crippen LogP contribution < -0.4 is 0 Å². The van der Waals surface area contributed by atoms with Crippen LogP contribution in [-0.4, -0.2) is 87.5 Å². The molecule has 172 valence electrons. The van der Waals surface area contributed by atoms with Gasteiger partial charge in [0.15, 0.2) is 0 Å². The second-order valence-electron chi connectivity index (χ2n) is 8.14. The van der Waals surface area contributed by atoms with Crippen molar-refractivity contribution in [1.82, 2.24) is 29.4 Å². The van der Waals surface area contributed by atoms with Crippen LogP contribution in [-0.2, 0) is 16.0 Å². The number of rotatable bonds is 11. The van der Waals surface area contributed by atoms with E-state index in [9.17, 15) is 4.79 Å². The average molecular weight is 449 g/mol. The molecule has 0 unspecified atom stereocenters. The third-order valence-corrected chi connectivity index (χ3v) is 6.50. The Morgan fingerprint density at radius 3 is 2.61 bits per heavy atom. The Hall–Kier alpha value is -1.71. The van der Waals surface area contributed by atoms with E-state index in [4.69, 9.17) is 4.74 Å². The number of aromatic nitrogens is 4. The quantitative estimate of drug-likeness (QED) is 0.386. The zero-order chi connectivity index (χ0) is 22.2. The van der Waals surface area contributed by atoms with Gasteiger partial charge in [0, 0.05) is 49.7 Å². The lowest BCUT2D eigenvalue weighted by atomic mass is 10.1. The van der Waals surface area contributed by atoms with E-state index < -0.39 is 0 Å². The molecule has 0 bridgehead atoms. The van der Waals surface area contributed by atoms with Gasteiger partial charge in [-0.25, -0.2) is 9.50 Å². The molecule has 2 aromatic heterocycles. The summed E-state index contributed by atoms with van der Waals surface area (Å²) in [6.07, 6.45) is 6.94. The molecule has 0 radical (unpaired) electrons. The first kappa shape index (κ1) is 23.9. The zero-order valence-corrected chi connectivity index (χ0v) is 20.2. The molecule has 0 saturated carbocycles. The maximum absolute atomic E-state index is 13.4. The van der Waals surface area contributed by atoms with Crippen LogP contribution in [0.25, 0.3) is 5.78 Å². The van der Waals surface area contributed by atoms with Crippen molar-refractivity contribution >= 4 is 23.4 Å². The van der Waals surface area contributed by atoms with Crippen LogP contribution in [0.15, 0.2) is 5.16 Å². The van der Waals surface area contributed by atoms with Gasteiger partial charge in [0.05, 0.1) is 19.6 Å². The Morgan fingerprint density at radius 2 is 1.90 bits per heavy atom. The molecule has 1 saturated heterocycles. The van der Waals surface area contributed by atoms with Gasteiger partial charge < -0.3 is 9.64 Å². The summed E-state index contributed by atoms with van der Waals surface area (Å²) in [7, 11) is 0. The highest BCUT2D eigenvalue weighted by Crippen LogP contribution is 2.18. The Bertz CT molecular complexity index is 865. The summed E-state index contributed by atoms with van der Waals surface area (Å²) in [4.78, 5) is 26.8. The van der Waals surface area contributed by atoms with E-state index in [-0.39, 0.29) is 5.91 Å². The maximum Gasteiger partial charge on any atom is 0.253 e. The zero-order valence-electron chi connectivity index (χ0n) is 19.4. The van der Waals surface area contributed by atoms with Gasteiger partial charge in [0.2, 0.25) is 11.1 Å². The summed E-state index contributed by atoms with van der Waals surface area (Å²) >= 11 is 1.50. The standard InChI is InChI=1S/C22H36N6O2S/c1-5-6-7-8-9-27(11-10-26-12-14-30-15-13-26)20(29)16-19-17(2)23-21-24-22(31-4)25-28(21)18(19)3/h5-16H2,1-4H3. The second-order valence-corrected chi connectivity index (χ2v) is 8.92. The van der Waals surface area contributed by atoms with Crippen LogP contribution in [0.4, 0.5) is 0 Å². The largest absolute Gasteiger partial charge is 0.379 e. The van der Waals surface area contributed by atoms with Crippen molar-refractivity contribution in [3.63, 3.8) is 0 Å². The molecular weight excluding hydrogens is 412 g/mol. The molecular formula is C22H36N6O2S. The molecule has 3 rings (SSSR count). The third-order valence-electron chi connectivity index (χ3n) is 5.96. The van der Waals surface area contributed by atoms with Crippen molar-refractivity contribution in [3.05, 3.63) is 17.0 Å². The highest BCUT2D eigenvalue weighted by atomic mass is 32.2. The number of aryl methyl sites for hydroxylation is 2. The van der Waals surface area contributed by atoms with E-state index in [1.54, 1.807) is 4.52 Å². The van der Waals surface area contributed by atoms with Crippen LogP contribution in [0.2, 0.25) is 0 Å². The minimum atomic E-state index is 0.169. The predicted molar refractivity (Wildman–Crippen MR) is 124 cm³/mol. The third kappa shape index (κ3) is 6.40. The number of thioether (sulfide) groups is 1. The van der Waals surface area contributed by atoms with Gasteiger partial charge in [-0.15, -0.1) is 5.10 Å².